The van der Waals surface area contributed by atoms with Crippen LogP contribution >= 0.6 is 0 Å². The number of hydroxylamine groups is 2. The van der Waals surface area contributed by atoms with Crippen LogP contribution in [-0.4, -0.2) is 22.7 Å². The zero-order chi connectivity index (χ0) is 13.6. The highest BCUT2D eigenvalue weighted by molar-refractivity contribution is 4.99. The van der Waals surface area contributed by atoms with E-state index >= 15 is 0 Å². The van der Waals surface area contributed by atoms with Crippen molar-refractivity contribution < 1.29 is 4.84 Å². The molecule has 1 saturated heterocycles. The normalized spacial score (nSPS) is 23.2. The lowest BCUT2D eigenvalue weighted by Crippen LogP contribution is -2.58. The Labute approximate surface area is 114 Å². The van der Waals surface area contributed by atoms with Crippen molar-refractivity contribution >= 4 is 0 Å². The van der Waals surface area contributed by atoms with Gasteiger partial charge in [-0.1, -0.05) is 32.6 Å². The number of rotatable bonds is 7. The van der Waals surface area contributed by atoms with Gasteiger partial charge in [-0.15, -0.1) is 0 Å². The Kier molecular flexibility index (Phi) is 6.13. The Morgan fingerprint density at radius 2 is 1.50 bits per heavy atom. The molecule has 1 aliphatic heterocycles. The Hall–Kier alpha value is -0.0800. The van der Waals surface area contributed by atoms with Crippen LogP contribution in [0.2, 0.25) is 0 Å². The molecule has 1 radical (unpaired) electrons. The standard InChI is InChI=1S/C16H32NO/c1-6-7-8-9-10-14-18-17-15(2,3)12-11-13-16(17,4)5/h11H,6-10,12-14H2,1-5H3. The number of nitrogens with zero attached hydrogens (tertiary/aromatic N) is 1. The molecule has 0 amide bonds. The van der Waals surface area contributed by atoms with Crippen LogP contribution in [0.25, 0.3) is 0 Å². The second kappa shape index (κ2) is 6.91. The third-order valence-corrected chi connectivity index (χ3v) is 3.86. The minimum absolute atomic E-state index is 0.130. The molecule has 0 aromatic heterocycles. The molecule has 1 fully saturated rings. The molecule has 0 aromatic carbocycles. The van der Waals surface area contributed by atoms with Crippen LogP contribution in [0.1, 0.15) is 79.6 Å². The van der Waals surface area contributed by atoms with Crippen LogP contribution in [0.15, 0.2) is 0 Å². The summed E-state index contributed by atoms with van der Waals surface area (Å²) >= 11 is 0. The average Bonchev–Trinajstić information content (AvgIpc) is 2.25. The summed E-state index contributed by atoms with van der Waals surface area (Å²) in [6.45, 7) is 12.2. The Bertz CT molecular complexity index is 219. The van der Waals surface area contributed by atoms with E-state index < -0.39 is 0 Å². The molecule has 1 heterocycles. The summed E-state index contributed by atoms with van der Waals surface area (Å²) < 4.78 is 0. The fourth-order valence-electron chi connectivity index (χ4n) is 2.97. The summed E-state index contributed by atoms with van der Waals surface area (Å²) in [5, 5.41) is 2.25. The van der Waals surface area contributed by atoms with Crippen molar-refractivity contribution in [1.82, 2.24) is 5.06 Å². The van der Waals surface area contributed by atoms with Crippen LogP contribution in [0, 0.1) is 6.42 Å². The van der Waals surface area contributed by atoms with Gasteiger partial charge >= 0.3 is 0 Å². The zero-order valence-electron chi connectivity index (χ0n) is 13.1. The van der Waals surface area contributed by atoms with Crippen molar-refractivity contribution in [3.05, 3.63) is 6.42 Å². The van der Waals surface area contributed by atoms with Crippen LogP contribution < -0.4 is 0 Å². The minimum atomic E-state index is 0.130. The van der Waals surface area contributed by atoms with Crippen LogP contribution in [-0.2, 0) is 4.84 Å². The lowest BCUT2D eigenvalue weighted by molar-refractivity contribution is -0.274. The second-order valence-electron chi connectivity index (χ2n) is 6.86. The van der Waals surface area contributed by atoms with Crippen molar-refractivity contribution in [3.8, 4) is 0 Å². The van der Waals surface area contributed by atoms with Crippen LogP contribution in [0.3, 0.4) is 0 Å². The highest BCUT2D eigenvalue weighted by Crippen LogP contribution is 2.37. The summed E-state index contributed by atoms with van der Waals surface area (Å²) in [6, 6.07) is 0. The molecule has 0 aromatic rings. The van der Waals surface area contributed by atoms with Gasteiger partial charge < -0.3 is 0 Å². The first-order valence-electron chi connectivity index (χ1n) is 7.65. The number of hydrogen-bond acceptors (Lipinski definition) is 2. The van der Waals surface area contributed by atoms with E-state index in [-0.39, 0.29) is 11.1 Å². The maximum atomic E-state index is 6.11. The van der Waals surface area contributed by atoms with E-state index in [1.165, 1.54) is 32.1 Å². The largest absolute Gasteiger partial charge is 0.298 e. The van der Waals surface area contributed by atoms with Gasteiger partial charge in [-0.3, -0.25) is 4.84 Å². The number of hydrogen-bond donors (Lipinski definition) is 0. The van der Waals surface area contributed by atoms with E-state index in [0.717, 1.165) is 19.4 Å². The molecule has 18 heavy (non-hydrogen) atoms. The topological polar surface area (TPSA) is 12.5 Å². The van der Waals surface area contributed by atoms with Gasteiger partial charge in [0.1, 0.15) is 0 Å². The minimum Gasteiger partial charge on any atom is -0.298 e. The first-order valence-corrected chi connectivity index (χ1v) is 7.65. The van der Waals surface area contributed by atoms with Gasteiger partial charge in [0.2, 0.25) is 0 Å². The first-order chi connectivity index (χ1) is 8.40. The van der Waals surface area contributed by atoms with Crippen molar-refractivity contribution in [3.63, 3.8) is 0 Å². The molecular weight excluding hydrogens is 222 g/mol. The SMILES string of the molecule is CCCCCCCON1C(C)(C)C[CH]CC1(C)C. The number of piperidine rings is 1. The molecule has 2 nitrogen and oxygen atoms in total. The Balaban J connectivity index is 2.33. The molecule has 0 aliphatic carbocycles. The van der Waals surface area contributed by atoms with Crippen LogP contribution in [0.5, 0.6) is 0 Å². The maximum absolute atomic E-state index is 6.11. The molecular formula is C16H32NO. The predicted octanol–water partition coefficient (Wildman–Crippen LogP) is 4.75. The predicted molar refractivity (Wildman–Crippen MR) is 78.2 cm³/mol. The van der Waals surface area contributed by atoms with Gasteiger partial charge in [0.05, 0.1) is 6.61 Å². The summed E-state index contributed by atoms with van der Waals surface area (Å²) in [7, 11) is 0. The summed E-state index contributed by atoms with van der Waals surface area (Å²) in [5.74, 6) is 0. The quantitative estimate of drug-likeness (QED) is 0.608. The molecule has 0 N–H and O–H groups in total. The molecule has 2 heteroatoms. The Morgan fingerprint density at radius 1 is 0.944 bits per heavy atom. The van der Waals surface area contributed by atoms with Crippen molar-refractivity contribution in [1.29, 1.82) is 0 Å². The number of unbranched alkanes of at least 4 members (excludes halogenated alkanes) is 4. The fourth-order valence-corrected chi connectivity index (χ4v) is 2.97. The lowest BCUT2D eigenvalue weighted by atomic mass is 9.82. The van der Waals surface area contributed by atoms with Crippen molar-refractivity contribution in [2.75, 3.05) is 6.61 Å². The van der Waals surface area contributed by atoms with E-state index in [9.17, 15) is 0 Å². The van der Waals surface area contributed by atoms with E-state index in [2.05, 4.69) is 46.1 Å². The van der Waals surface area contributed by atoms with Gasteiger partial charge in [-0.05, 0) is 53.4 Å². The van der Waals surface area contributed by atoms with Gasteiger partial charge in [-0.25, -0.2) is 0 Å². The van der Waals surface area contributed by atoms with Crippen molar-refractivity contribution in [2.24, 2.45) is 0 Å². The summed E-state index contributed by atoms with van der Waals surface area (Å²) in [4.78, 5) is 6.11. The fraction of sp³-hybridized carbons (Fsp3) is 0.938. The Morgan fingerprint density at radius 3 is 2.06 bits per heavy atom. The smallest absolute Gasteiger partial charge is 0.0685 e. The van der Waals surface area contributed by atoms with Crippen molar-refractivity contribution in [2.45, 2.75) is 90.6 Å². The third-order valence-electron chi connectivity index (χ3n) is 3.86. The molecule has 1 aliphatic rings. The molecule has 0 bridgehead atoms. The summed E-state index contributed by atoms with van der Waals surface area (Å²) in [5.41, 5.74) is 0.260. The van der Waals surface area contributed by atoms with Gasteiger partial charge in [0.25, 0.3) is 0 Å². The molecule has 0 unspecified atom stereocenters. The van der Waals surface area contributed by atoms with E-state index in [1.54, 1.807) is 0 Å². The molecule has 0 spiro atoms. The molecule has 0 saturated carbocycles. The van der Waals surface area contributed by atoms with Crippen LogP contribution in [0.4, 0.5) is 0 Å². The monoisotopic (exact) mass is 254 g/mol. The van der Waals surface area contributed by atoms with Gasteiger partial charge in [-0.2, -0.15) is 5.06 Å². The average molecular weight is 254 g/mol. The summed E-state index contributed by atoms with van der Waals surface area (Å²) in [6.07, 6.45) is 11.1. The zero-order valence-corrected chi connectivity index (χ0v) is 13.1. The second-order valence-corrected chi connectivity index (χ2v) is 6.86. The first kappa shape index (κ1) is 16.0. The highest BCUT2D eigenvalue weighted by Gasteiger charge is 2.42. The van der Waals surface area contributed by atoms with E-state index in [4.69, 9.17) is 4.84 Å². The molecule has 0 atom stereocenters. The highest BCUT2D eigenvalue weighted by atomic mass is 16.7. The third kappa shape index (κ3) is 4.55. The van der Waals surface area contributed by atoms with E-state index in [0.29, 0.717) is 0 Å². The van der Waals surface area contributed by atoms with Gasteiger partial charge in [0, 0.05) is 11.1 Å². The van der Waals surface area contributed by atoms with E-state index in [1.807, 2.05) is 0 Å². The maximum Gasteiger partial charge on any atom is 0.0685 e. The molecule has 107 valence electrons. The van der Waals surface area contributed by atoms with Gasteiger partial charge in [0.15, 0.2) is 0 Å². The lowest BCUT2D eigenvalue weighted by Gasteiger charge is -2.51. The molecule has 1 rings (SSSR count).